The zero-order chi connectivity index (χ0) is 10.7. The molecule has 0 spiro atoms. The molecule has 0 aliphatic carbocycles. The highest BCUT2D eigenvalue weighted by atomic mass is 19.1. The van der Waals surface area contributed by atoms with Crippen LogP contribution in [0.5, 0.6) is 0 Å². The quantitative estimate of drug-likeness (QED) is 0.813. The van der Waals surface area contributed by atoms with Gasteiger partial charge >= 0.3 is 0 Å². The topological polar surface area (TPSA) is 33.1 Å². The lowest BCUT2D eigenvalue weighted by Gasteiger charge is -2.00. The van der Waals surface area contributed by atoms with Crippen molar-refractivity contribution in [3.63, 3.8) is 0 Å². The molecule has 0 bridgehead atoms. The summed E-state index contributed by atoms with van der Waals surface area (Å²) in [6.45, 7) is -0.573. The van der Waals surface area contributed by atoms with Crippen LogP contribution in [0, 0.1) is 0 Å². The number of halogens is 1. The van der Waals surface area contributed by atoms with Crippen LogP contribution in [0.15, 0.2) is 42.4 Å². The first-order valence-electron chi connectivity index (χ1n) is 4.62. The fraction of sp³-hybridized carbons (Fsp3) is 0.0833. The van der Waals surface area contributed by atoms with Crippen molar-refractivity contribution >= 4 is 17.0 Å². The Bertz CT molecular complexity index is 502. The van der Waals surface area contributed by atoms with Crippen LogP contribution in [-0.2, 0) is 0 Å². The third-order valence-electron chi connectivity index (χ3n) is 2.15. The summed E-state index contributed by atoms with van der Waals surface area (Å²) in [5.74, 6) is -0.550. The Hall–Kier alpha value is -1.74. The van der Waals surface area contributed by atoms with Gasteiger partial charge < -0.3 is 5.11 Å². The van der Waals surface area contributed by atoms with Crippen LogP contribution in [0.4, 0.5) is 4.39 Å². The molecule has 0 saturated heterocycles. The first kappa shape index (κ1) is 9.80. The Labute approximate surface area is 86.7 Å². The smallest absolute Gasteiger partial charge is 0.126 e. The first-order chi connectivity index (χ1) is 7.31. The Morgan fingerprint density at radius 2 is 2.13 bits per heavy atom. The van der Waals surface area contributed by atoms with E-state index in [0.717, 1.165) is 16.5 Å². The summed E-state index contributed by atoms with van der Waals surface area (Å²) in [5, 5.41) is 9.49. The molecule has 2 aromatic rings. The highest BCUT2D eigenvalue weighted by Gasteiger charge is 1.99. The highest BCUT2D eigenvalue weighted by molar-refractivity contribution is 5.87. The van der Waals surface area contributed by atoms with Gasteiger partial charge in [0.2, 0.25) is 0 Å². The number of aliphatic hydroxyl groups is 1. The van der Waals surface area contributed by atoms with Crippen molar-refractivity contribution in [1.82, 2.24) is 4.98 Å². The molecule has 1 aromatic heterocycles. The lowest BCUT2D eigenvalue weighted by atomic mass is 10.1. The fourth-order valence-corrected chi connectivity index (χ4v) is 1.46. The molecule has 0 radical (unpaired) electrons. The molecule has 3 heteroatoms. The molecule has 0 unspecified atom stereocenters. The van der Waals surface area contributed by atoms with Gasteiger partial charge in [0.1, 0.15) is 5.83 Å². The number of hydrogen-bond acceptors (Lipinski definition) is 2. The maximum Gasteiger partial charge on any atom is 0.126 e. The molecular formula is C12H10FNO. The van der Waals surface area contributed by atoms with Crippen molar-refractivity contribution < 1.29 is 9.50 Å². The van der Waals surface area contributed by atoms with E-state index >= 15 is 0 Å². The second-order valence-corrected chi connectivity index (χ2v) is 3.17. The standard InChI is InChI=1S/C12H10FNO/c13-10(8-15)7-9-5-6-14-12-4-2-1-3-11(9)12/h1-7,15H,8H2/b10-7+. The van der Waals surface area contributed by atoms with Crippen LogP contribution in [0.25, 0.3) is 17.0 Å². The number of aliphatic hydroxyl groups excluding tert-OH is 1. The molecule has 15 heavy (non-hydrogen) atoms. The number of pyridine rings is 1. The predicted molar refractivity (Wildman–Crippen MR) is 57.9 cm³/mol. The van der Waals surface area contributed by atoms with Crippen molar-refractivity contribution in [1.29, 1.82) is 0 Å². The number of hydrogen-bond donors (Lipinski definition) is 1. The molecule has 1 N–H and O–H groups in total. The van der Waals surface area contributed by atoms with Crippen molar-refractivity contribution in [3.05, 3.63) is 47.9 Å². The molecule has 1 aromatic carbocycles. The van der Waals surface area contributed by atoms with Gasteiger partial charge in [-0.05, 0) is 23.8 Å². The number of fused-ring (bicyclic) bond motifs is 1. The van der Waals surface area contributed by atoms with E-state index in [4.69, 9.17) is 5.11 Å². The van der Waals surface area contributed by atoms with Crippen molar-refractivity contribution in [3.8, 4) is 0 Å². The minimum Gasteiger partial charge on any atom is -0.389 e. The fourth-order valence-electron chi connectivity index (χ4n) is 1.46. The van der Waals surface area contributed by atoms with Gasteiger partial charge in [0, 0.05) is 11.6 Å². The zero-order valence-corrected chi connectivity index (χ0v) is 8.02. The van der Waals surface area contributed by atoms with Gasteiger partial charge in [-0.25, -0.2) is 4.39 Å². The van der Waals surface area contributed by atoms with Gasteiger partial charge in [-0.15, -0.1) is 0 Å². The van der Waals surface area contributed by atoms with E-state index in [1.165, 1.54) is 6.08 Å². The monoisotopic (exact) mass is 203 g/mol. The first-order valence-corrected chi connectivity index (χ1v) is 4.62. The molecule has 1 heterocycles. The van der Waals surface area contributed by atoms with Crippen molar-refractivity contribution in [2.24, 2.45) is 0 Å². The average molecular weight is 203 g/mol. The van der Waals surface area contributed by atoms with Crippen LogP contribution in [0.2, 0.25) is 0 Å². The summed E-state index contributed by atoms with van der Waals surface area (Å²) in [7, 11) is 0. The number of para-hydroxylation sites is 1. The van der Waals surface area contributed by atoms with E-state index in [9.17, 15) is 4.39 Å². The number of benzene rings is 1. The molecule has 76 valence electrons. The van der Waals surface area contributed by atoms with E-state index in [1.54, 1.807) is 12.3 Å². The van der Waals surface area contributed by atoms with Gasteiger partial charge in [0.15, 0.2) is 0 Å². The Morgan fingerprint density at radius 1 is 1.33 bits per heavy atom. The van der Waals surface area contributed by atoms with Crippen LogP contribution < -0.4 is 0 Å². The lowest BCUT2D eigenvalue weighted by molar-refractivity contribution is 0.300. The lowest BCUT2D eigenvalue weighted by Crippen LogP contribution is -1.85. The molecule has 0 aliphatic rings. The maximum absolute atomic E-state index is 12.9. The largest absolute Gasteiger partial charge is 0.389 e. The predicted octanol–water partition coefficient (Wildman–Crippen LogP) is 2.54. The van der Waals surface area contributed by atoms with Gasteiger partial charge in [-0.1, -0.05) is 18.2 Å². The van der Waals surface area contributed by atoms with Crippen molar-refractivity contribution in [2.45, 2.75) is 0 Å². The van der Waals surface area contributed by atoms with E-state index in [1.807, 2.05) is 24.3 Å². The van der Waals surface area contributed by atoms with Gasteiger partial charge in [-0.2, -0.15) is 0 Å². The third kappa shape index (κ3) is 2.02. The van der Waals surface area contributed by atoms with E-state index < -0.39 is 12.4 Å². The minimum atomic E-state index is -0.573. The SMILES string of the molecule is OC/C(F)=C\c1ccnc2ccccc12. The van der Waals surface area contributed by atoms with Crippen molar-refractivity contribution in [2.75, 3.05) is 6.61 Å². The minimum absolute atomic E-state index is 0.550. The second-order valence-electron chi connectivity index (χ2n) is 3.17. The molecule has 2 rings (SSSR count). The number of aromatic nitrogens is 1. The summed E-state index contributed by atoms with van der Waals surface area (Å²) in [6, 6.07) is 9.21. The zero-order valence-electron chi connectivity index (χ0n) is 8.02. The third-order valence-corrected chi connectivity index (χ3v) is 2.15. The molecule has 0 atom stereocenters. The van der Waals surface area contributed by atoms with Crippen LogP contribution >= 0.6 is 0 Å². The molecule has 0 amide bonds. The molecule has 2 nitrogen and oxygen atoms in total. The normalized spacial score (nSPS) is 12.0. The van der Waals surface area contributed by atoms with E-state index in [-0.39, 0.29) is 0 Å². The Balaban J connectivity index is 2.61. The molecule has 0 fully saturated rings. The van der Waals surface area contributed by atoms with Crippen LogP contribution in [0.3, 0.4) is 0 Å². The molecular weight excluding hydrogens is 193 g/mol. The van der Waals surface area contributed by atoms with Gasteiger partial charge in [0.05, 0.1) is 12.1 Å². The van der Waals surface area contributed by atoms with Gasteiger partial charge in [0.25, 0.3) is 0 Å². The van der Waals surface area contributed by atoms with Crippen LogP contribution in [-0.4, -0.2) is 16.7 Å². The summed E-state index contributed by atoms with van der Waals surface area (Å²) in [4.78, 5) is 4.16. The molecule has 0 saturated carbocycles. The Kier molecular flexibility index (Phi) is 2.74. The van der Waals surface area contributed by atoms with Gasteiger partial charge in [-0.3, -0.25) is 4.98 Å². The second kappa shape index (κ2) is 4.19. The maximum atomic E-state index is 12.9. The summed E-state index contributed by atoms with van der Waals surface area (Å²) >= 11 is 0. The highest BCUT2D eigenvalue weighted by Crippen LogP contribution is 2.18. The number of nitrogens with zero attached hydrogens (tertiary/aromatic N) is 1. The molecule has 0 aliphatic heterocycles. The Morgan fingerprint density at radius 3 is 2.93 bits per heavy atom. The van der Waals surface area contributed by atoms with E-state index in [2.05, 4.69) is 4.98 Å². The average Bonchev–Trinajstić information content (AvgIpc) is 2.29. The van der Waals surface area contributed by atoms with Crippen LogP contribution in [0.1, 0.15) is 5.56 Å². The van der Waals surface area contributed by atoms with E-state index in [0.29, 0.717) is 0 Å². The summed E-state index contributed by atoms with van der Waals surface area (Å²) < 4.78 is 12.9. The summed E-state index contributed by atoms with van der Waals surface area (Å²) in [5.41, 5.74) is 1.55. The summed E-state index contributed by atoms with van der Waals surface area (Å²) in [6.07, 6.45) is 2.95. The number of rotatable bonds is 2.